The Labute approximate surface area is 178 Å². The second-order valence-corrected chi connectivity index (χ2v) is 8.96. The number of morpholine rings is 1. The number of carbonyl (C=O) groups is 1. The van der Waals surface area contributed by atoms with Crippen LogP contribution in [-0.2, 0) is 9.53 Å². The number of fused-ring (bicyclic) bond motifs is 1. The first-order chi connectivity index (χ1) is 13.9. The van der Waals surface area contributed by atoms with Crippen molar-refractivity contribution in [2.24, 2.45) is 0 Å². The van der Waals surface area contributed by atoms with Crippen LogP contribution in [-0.4, -0.2) is 56.9 Å². The molecule has 0 atom stereocenters. The fourth-order valence-electron chi connectivity index (χ4n) is 3.50. The third-order valence-electron chi connectivity index (χ3n) is 4.99. The summed E-state index contributed by atoms with van der Waals surface area (Å²) >= 11 is 6.60. The number of anilines is 1. The molecule has 152 valence electrons. The summed E-state index contributed by atoms with van der Waals surface area (Å²) in [6, 6.07) is 3.71. The van der Waals surface area contributed by atoms with Crippen molar-refractivity contribution in [2.75, 3.05) is 31.2 Å². The van der Waals surface area contributed by atoms with Crippen molar-refractivity contribution < 1.29 is 9.53 Å². The van der Waals surface area contributed by atoms with E-state index in [1.807, 2.05) is 37.8 Å². The average molecular weight is 431 g/mol. The van der Waals surface area contributed by atoms with Gasteiger partial charge in [0, 0.05) is 25.3 Å². The maximum absolute atomic E-state index is 13.4. The highest BCUT2D eigenvalue weighted by atomic mass is 32.2. The second kappa shape index (κ2) is 7.89. The molecule has 0 spiro atoms. The molecule has 4 heterocycles. The van der Waals surface area contributed by atoms with Crippen LogP contribution in [0.4, 0.5) is 5.82 Å². The molecule has 2 saturated heterocycles. The highest BCUT2D eigenvalue weighted by Crippen LogP contribution is 2.34. The Morgan fingerprint density at radius 1 is 1.28 bits per heavy atom. The number of thiocarbonyl (C=S) groups is 1. The molecule has 9 heteroatoms. The maximum atomic E-state index is 13.4. The quantitative estimate of drug-likeness (QED) is 0.547. The number of amides is 1. The number of pyridine rings is 1. The number of aromatic nitrogens is 2. The number of aryl methyl sites for hydroxylation is 1. The summed E-state index contributed by atoms with van der Waals surface area (Å²) in [6.45, 7) is 8.19. The Kier molecular flexibility index (Phi) is 5.46. The molecule has 2 aliphatic heterocycles. The molecular weight excluding hydrogens is 408 g/mol. The van der Waals surface area contributed by atoms with Crippen molar-refractivity contribution in [3.05, 3.63) is 44.7 Å². The Balaban J connectivity index is 1.91. The Morgan fingerprint density at radius 2 is 2.00 bits per heavy atom. The second-order valence-electron chi connectivity index (χ2n) is 7.28. The smallest absolute Gasteiger partial charge is 0.267 e. The molecule has 2 aliphatic rings. The van der Waals surface area contributed by atoms with Gasteiger partial charge in [0.25, 0.3) is 11.5 Å². The standard InChI is InChI=1S/C20H22N4O3S2/c1-12(2)24-19(26)15(29-20(24)28)11-14-17(22-7-9-27-10-8-22)21-16-13(3)5-4-6-23(16)18(14)25/h4-6,11-12H,7-10H2,1-3H3. The number of carbonyl (C=O) groups excluding carboxylic acids is 1. The van der Waals surface area contributed by atoms with Gasteiger partial charge in [-0.1, -0.05) is 30.0 Å². The van der Waals surface area contributed by atoms with E-state index in [1.54, 1.807) is 17.2 Å². The Morgan fingerprint density at radius 3 is 2.66 bits per heavy atom. The summed E-state index contributed by atoms with van der Waals surface area (Å²) in [5, 5.41) is 0. The van der Waals surface area contributed by atoms with Crippen LogP contribution in [0.1, 0.15) is 25.0 Å². The molecular formula is C20H22N4O3S2. The van der Waals surface area contributed by atoms with Gasteiger partial charge in [-0.2, -0.15) is 0 Å². The molecule has 0 unspecified atom stereocenters. The molecule has 0 aromatic carbocycles. The van der Waals surface area contributed by atoms with Crippen molar-refractivity contribution in [2.45, 2.75) is 26.8 Å². The predicted molar refractivity (Wildman–Crippen MR) is 119 cm³/mol. The van der Waals surface area contributed by atoms with E-state index in [0.29, 0.717) is 52.6 Å². The van der Waals surface area contributed by atoms with Crippen LogP contribution in [0.25, 0.3) is 11.7 Å². The Bertz CT molecular complexity index is 1090. The van der Waals surface area contributed by atoms with Gasteiger partial charge in [0.05, 0.1) is 23.7 Å². The van der Waals surface area contributed by atoms with Crippen molar-refractivity contribution in [1.82, 2.24) is 14.3 Å². The van der Waals surface area contributed by atoms with E-state index in [1.165, 1.54) is 16.2 Å². The lowest BCUT2D eigenvalue weighted by molar-refractivity contribution is -0.123. The molecule has 4 rings (SSSR count). The monoisotopic (exact) mass is 430 g/mol. The molecule has 0 saturated carbocycles. The minimum Gasteiger partial charge on any atom is -0.378 e. The minimum absolute atomic E-state index is 0.0365. The summed E-state index contributed by atoms with van der Waals surface area (Å²) in [5.74, 6) is 0.416. The van der Waals surface area contributed by atoms with Gasteiger partial charge in [-0.3, -0.25) is 18.9 Å². The number of rotatable bonds is 3. The topological polar surface area (TPSA) is 67.2 Å². The van der Waals surface area contributed by atoms with Crippen molar-refractivity contribution >= 4 is 51.7 Å². The van der Waals surface area contributed by atoms with Gasteiger partial charge in [-0.25, -0.2) is 4.98 Å². The highest BCUT2D eigenvalue weighted by molar-refractivity contribution is 8.26. The summed E-state index contributed by atoms with van der Waals surface area (Å²) in [4.78, 5) is 35.2. The summed E-state index contributed by atoms with van der Waals surface area (Å²) in [6.07, 6.45) is 3.36. The van der Waals surface area contributed by atoms with Gasteiger partial charge in [0.15, 0.2) is 0 Å². The normalized spacial score (nSPS) is 19.2. The van der Waals surface area contributed by atoms with Crippen LogP contribution in [0.5, 0.6) is 0 Å². The third kappa shape index (κ3) is 3.58. The van der Waals surface area contributed by atoms with Gasteiger partial charge in [0.1, 0.15) is 15.8 Å². The summed E-state index contributed by atoms with van der Waals surface area (Å²) in [5.41, 5.74) is 1.73. The molecule has 29 heavy (non-hydrogen) atoms. The molecule has 0 N–H and O–H groups in total. The van der Waals surface area contributed by atoms with E-state index in [-0.39, 0.29) is 17.5 Å². The maximum Gasteiger partial charge on any atom is 0.267 e. The molecule has 0 radical (unpaired) electrons. The molecule has 1 amide bonds. The van der Waals surface area contributed by atoms with Gasteiger partial charge in [-0.15, -0.1) is 0 Å². The van der Waals surface area contributed by atoms with Gasteiger partial charge in [-0.05, 0) is 38.5 Å². The highest BCUT2D eigenvalue weighted by Gasteiger charge is 2.34. The van der Waals surface area contributed by atoms with Crippen LogP contribution >= 0.6 is 24.0 Å². The number of ether oxygens (including phenoxy) is 1. The van der Waals surface area contributed by atoms with E-state index >= 15 is 0 Å². The Hall–Kier alpha value is -2.23. The zero-order valence-corrected chi connectivity index (χ0v) is 18.2. The first-order valence-corrected chi connectivity index (χ1v) is 10.7. The largest absolute Gasteiger partial charge is 0.378 e. The van der Waals surface area contributed by atoms with E-state index in [9.17, 15) is 9.59 Å². The van der Waals surface area contributed by atoms with Crippen LogP contribution in [0.15, 0.2) is 28.0 Å². The van der Waals surface area contributed by atoms with E-state index in [4.69, 9.17) is 21.9 Å². The zero-order valence-electron chi connectivity index (χ0n) is 16.5. The average Bonchev–Trinajstić information content (AvgIpc) is 2.98. The van der Waals surface area contributed by atoms with Gasteiger partial charge >= 0.3 is 0 Å². The van der Waals surface area contributed by atoms with Gasteiger partial charge < -0.3 is 9.64 Å². The fourth-order valence-corrected chi connectivity index (χ4v) is 5.00. The fraction of sp³-hybridized carbons (Fsp3) is 0.400. The lowest BCUT2D eigenvalue weighted by Gasteiger charge is -2.29. The van der Waals surface area contributed by atoms with Gasteiger partial charge in [0.2, 0.25) is 0 Å². The number of thioether (sulfide) groups is 1. The molecule has 2 aromatic heterocycles. The van der Waals surface area contributed by atoms with Crippen LogP contribution in [0, 0.1) is 6.92 Å². The third-order valence-corrected chi connectivity index (χ3v) is 6.32. The summed E-state index contributed by atoms with van der Waals surface area (Å²) < 4.78 is 7.50. The molecule has 2 aromatic rings. The minimum atomic E-state index is -0.199. The SMILES string of the molecule is Cc1cccn2c(=O)c(C=C3SC(=S)N(C(C)C)C3=O)c(N3CCOCC3)nc12. The molecule has 0 bridgehead atoms. The van der Waals surface area contributed by atoms with E-state index < -0.39 is 0 Å². The lowest BCUT2D eigenvalue weighted by Crippen LogP contribution is -2.39. The van der Waals surface area contributed by atoms with Crippen LogP contribution in [0.3, 0.4) is 0 Å². The number of hydrogen-bond donors (Lipinski definition) is 0. The molecule has 2 fully saturated rings. The lowest BCUT2D eigenvalue weighted by atomic mass is 10.2. The number of hydrogen-bond acceptors (Lipinski definition) is 7. The first-order valence-electron chi connectivity index (χ1n) is 9.50. The summed E-state index contributed by atoms with van der Waals surface area (Å²) in [7, 11) is 0. The van der Waals surface area contributed by atoms with Crippen molar-refractivity contribution in [3.63, 3.8) is 0 Å². The predicted octanol–water partition coefficient (Wildman–Crippen LogP) is 2.45. The van der Waals surface area contributed by atoms with Crippen molar-refractivity contribution in [1.29, 1.82) is 0 Å². The van der Waals surface area contributed by atoms with E-state index in [2.05, 4.69) is 0 Å². The number of nitrogens with zero attached hydrogens (tertiary/aromatic N) is 4. The zero-order chi connectivity index (χ0) is 20.7. The van der Waals surface area contributed by atoms with Crippen molar-refractivity contribution in [3.8, 4) is 0 Å². The first kappa shape index (κ1) is 20.1. The van der Waals surface area contributed by atoms with E-state index in [0.717, 1.165) is 5.56 Å². The van der Waals surface area contributed by atoms with Crippen LogP contribution < -0.4 is 10.5 Å². The van der Waals surface area contributed by atoms with Crippen LogP contribution in [0.2, 0.25) is 0 Å². The molecule has 0 aliphatic carbocycles. The molecule has 7 nitrogen and oxygen atoms in total.